The number of nitrogens with one attached hydrogen (secondary N) is 1. The Hall–Kier alpha value is -0.660. The van der Waals surface area contributed by atoms with Gasteiger partial charge in [0.2, 0.25) is 11.3 Å². The summed E-state index contributed by atoms with van der Waals surface area (Å²) in [4.78, 5) is 0. The zero-order valence-electron chi connectivity index (χ0n) is 16.3. The minimum Gasteiger partial charge on any atom is -0.496 e. The van der Waals surface area contributed by atoms with Gasteiger partial charge >= 0.3 is 0 Å². The fraction of sp³-hybridized carbons (Fsp3) is 0.700. The van der Waals surface area contributed by atoms with Gasteiger partial charge in [-0.2, -0.15) is 0 Å². The molecule has 2 rings (SSSR count). The van der Waals surface area contributed by atoms with Crippen LogP contribution in [0.3, 0.4) is 0 Å². The van der Waals surface area contributed by atoms with Crippen LogP contribution in [0, 0.1) is 0 Å². The summed E-state index contributed by atoms with van der Waals surface area (Å²) < 4.78 is 27.8. The third kappa shape index (κ3) is 7.70. The molecule has 0 aliphatic heterocycles. The number of halogens is 1. The highest BCUT2D eigenvalue weighted by Gasteiger charge is 2.20. The molecule has 5 nitrogen and oxygen atoms in total. The molecular formula is C20H33ClN2O3S. The van der Waals surface area contributed by atoms with Crippen molar-refractivity contribution in [3.8, 4) is 5.75 Å². The second kappa shape index (κ2) is 12.7. The van der Waals surface area contributed by atoms with Crippen LogP contribution in [0.5, 0.6) is 5.75 Å². The summed E-state index contributed by atoms with van der Waals surface area (Å²) in [6.45, 7) is 2.29. The maximum absolute atomic E-state index is 11.4. The predicted molar refractivity (Wildman–Crippen MR) is 113 cm³/mol. The van der Waals surface area contributed by atoms with E-state index in [1.54, 1.807) is 11.4 Å². The molecule has 0 amide bonds. The number of ether oxygens (including phenoxy) is 1. The van der Waals surface area contributed by atoms with Crippen LogP contribution in [-0.4, -0.2) is 51.7 Å². The van der Waals surface area contributed by atoms with Crippen LogP contribution in [0.2, 0.25) is 0 Å². The number of hydrogen-bond donors (Lipinski definition) is 2. The monoisotopic (exact) mass is 416 g/mol. The number of rotatable bonds is 13. The van der Waals surface area contributed by atoms with E-state index in [2.05, 4.69) is 17.4 Å². The first-order valence-corrected chi connectivity index (χ1v) is 11.6. The van der Waals surface area contributed by atoms with Gasteiger partial charge in [0.15, 0.2) is 0 Å². The molecule has 1 aromatic carbocycles. The number of alkyl halides is 1. The van der Waals surface area contributed by atoms with Gasteiger partial charge in [-0.25, -0.2) is 8.51 Å². The van der Waals surface area contributed by atoms with Crippen molar-refractivity contribution < 1.29 is 13.5 Å². The largest absolute Gasteiger partial charge is 0.496 e. The van der Waals surface area contributed by atoms with Crippen molar-refractivity contribution in [1.82, 2.24) is 9.62 Å². The van der Waals surface area contributed by atoms with Gasteiger partial charge in [-0.1, -0.05) is 18.6 Å². The summed E-state index contributed by atoms with van der Waals surface area (Å²) in [6.07, 6.45) is 8.12. The Morgan fingerprint density at radius 3 is 2.74 bits per heavy atom. The van der Waals surface area contributed by atoms with Gasteiger partial charge in [0.25, 0.3) is 0 Å². The zero-order chi connectivity index (χ0) is 19.5. The van der Waals surface area contributed by atoms with Gasteiger partial charge in [-0.15, -0.1) is 11.6 Å². The lowest BCUT2D eigenvalue weighted by Crippen LogP contribution is -2.35. The van der Waals surface area contributed by atoms with Crippen molar-refractivity contribution in [3.05, 3.63) is 29.3 Å². The molecule has 0 spiro atoms. The van der Waals surface area contributed by atoms with Crippen molar-refractivity contribution >= 4 is 22.9 Å². The van der Waals surface area contributed by atoms with Crippen molar-refractivity contribution in [2.45, 2.75) is 57.4 Å². The molecule has 154 valence electrons. The Morgan fingerprint density at radius 1 is 1.26 bits per heavy atom. The third-order valence-electron chi connectivity index (χ3n) is 5.19. The summed E-state index contributed by atoms with van der Waals surface area (Å²) >= 11 is 3.78. The normalized spacial score (nSPS) is 17.7. The van der Waals surface area contributed by atoms with Gasteiger partial charge in [0.05, 0.1) is 7.11 Å². The Labute approximate surface area is 171 Å². The number of aryl methyl sites for hydroxylation is 1. The molecule has 0 aromatic heterocycles. The SMILES string of the molecule is COc1cccc2c1CC(NCCCCCN(CCCCCl)S(=O)O)CC2. The fourth-order valence-corrected chi connectivity index (χ4v) is 4.43. The van der Waals surface area contributed by atoms with E-state index in [1.807, 2.05) is 6.07 Å². The highest BCUT2D eigenvalue weighted by atomic mass is 35.5. The van der Waals surface area contributed by atoms with E-state index in [1.165, 1.54) is 11.1 Å². The van der Waals surface area contributed by atoms with Crippen LogP contribution in [0.25, 0.3) is 0 Å². The van der Waals surface area contributed by atoms with Crippen molar-refractivity contribution in [3.63, 3.8) is 0 Å². The van der Waals surface area contributed by atoms with Gasteiger partial charge in [-0.3, -0.25) is 4.55 Å². The topological polar surface area (TPSA) is 61.8 Å². The molecule has 2 N–H and O–H groups in total. The first-order valence-electron chi connectivity index (χ1n) is 9.95. The molecule has 27 heavy (non-hydrogen) atoms. The van der Waals surface area contributed by atoms with Crippen LogP contribution in [0.1, 0.15) is 49.7 Å². The van der Waals surface area contributed by atoms with Crippen molar-refractivity contribution in [2.24, 2.45) is 0 Å². The zero-order valence-corrected chi connectivity index (χ0v) is 17.9. The van der Waals surface area contributed by atoms with E-state index in [4.69, 9.17) is 16.3 Å². The lowest BCUT2D eigenvalue weighted by atomic mass is 9.87. The van der Waals surface area contributed by atoms with Gasteiger partial charge in [-0.05, 0) is 68.7 Å². The molecule has 0 radical (unpaired) electrons. The lowest BCUT2D eigenvalue weighted by molar-refractivity contribution is 0.374. The molecule has 0 saturated carbocycles. The fourth-order valence-electron chi connectivity index (χ4n) is 3.67. The minimum atomic E-state index is -1.88. The minimum absolute atomic E-state index is 0.505. The van der Waals surface area contributed by atoms with Crippen LogP contribution in [0.4, 0.5) is 0 Å². The Morgan fingerprint density at radius 2 is 2.04 bits per heavy atom. The maximum Gasteiger partial charge on any atom is 0.234 e. The molecule has 0 fully saturated rings. The first-order chi connectivity index (χ1) is 13.2. The third-order valence-corrected chi connectivity index (χ3v) is 6.27. The molecule has 1 aromatic rings. The Balaban J connectivity index is 1.62. The smallest absolute Gasteiger partial charge is 0.234 e. The highest BCUT2D eigenvalue weighted by molar-refractivity contribution is 7.76. The standard InChI is InChI=1S/C20H33ClN2O3S/c1-26-20-9-7-8-17-10-11-18(16-19(17)20)22-13-4-2-5-14-23(27(24)25)15-6-3-12-21/h7-9,18,22H,2-6,10-16H2,1H3,(H,24,25). The van der Waals surface area contributed by atoms with E-state index < -0.39 is 11.3 Å². The second-order valence-corrected chi connectivity index (χ2v) is 8.46. The highest BCUT2D eigenvalue weighted by Crippen LogP contribution is 2.29. The number of nitrogens with zero attached hydrogens (tertiary/aromatic N) is 1. The molecule has 0 heterocycles. The molecule has 2 unspecified atom stereocenters. The molecule has 1 aliphatic carbocycles. The number of unbranched alkanes of at least 4 members (excludes halogenated alkanes) is 3. The quantitative estimate of drug-likeness (QED) is 0.292. The average Bonchev–Trinajstić information content (AvgIpc) is 2.68. The summed E-state index contributed by atoms with van der Waals surface area (Å²) in [6, 6.07) is 6.83. The molecule has 2 atom stereocenters. The van der Waals surface area contributed by atoms with Crippen LogP contribution in [0.15, 0.2) is 18.2 Å². The second-order valence-electron chi connectivity index (χ2n) is 7.11. The van der Waals surface area contributed by atoms with E-state index in [0.717, 1.165) is 63.7 Å². The van der Waals surface area contributed by atoms with Crippen molar-refractivity contribution in [1.29, 1.82) is 0 Å². The summed E-state index contributed by atoms with van der Waals surface area (Å²) in [5, 5.41) is 3.67. The maximum atomic E-state index is 11.4. The van der Waals surface area contributed by atoms with Gasteiger partial charge in [0.1, 0.15) is 5.75 Å². The van der Waals surface area contributed by atoms with E-state index >= 15 is 0 Å². The summed E-state index contributed by atoms with van der Waals surface area (Å²) in [5.41, 5.74) is 2.76. The van der Waals surface area contributed by atoms with Gasteiger partial charge < -0.3 is 10.1 Å². The van der Waals surface area contributed by atoms with E-state index in [0.29, 0.717) is 25.0 Å². The Bertz CT molecular complexity index is 574. The summed E-state index contributed by atoms with van der Waals surface area (Å²) in [5.74, 6) is 1.61. The number of fused-ring (bicyclic) bond motifs is 1. The number of hydrogen-bond acceptors (Lipinski definition) is 3. The summed E-state index contributed by atoms with van der Waals surface area (Å²) in [7, 11) is 1.74. The van der Waals surface area contributed by atoms with Gasteiger partial charge in [0, 0.05) is 25.0 Å². The Kier molecular flexibility index (Phi) is 10.7. The van der Waals surface area contributed by atoms with E-state index in [9.17, 15) is 8.76 Å². The molecular weight excluding hydrogens is 384 g/mol. The molecule has 0 bridgehead atoms. The van der Waals surface area contributed by atoms with Crippen LogP contribution < -0.4 is 10.1 Å². The average molecular weight is 417 g/mol. The predicted octanol–water partition coefficient (Wildman–Crippen LogP) is 3.77. The number of benzene rings is 1. The molecule has 1 aliphatic rings. The molecule has 0 saturated heterocycles. The van der Waals surface area contributed by atoms with Crippen LogP contribution in [-0.2, 0) is 24.1 Å². The van der Waals surface area contributed by atoms with Crippen molar-refractivity contribution in [2.75, 3.05) is 32.6 Å². The molecule has 7 heteroatoms. The van der Waals surface area contributed by atoms with Crippen LogP contribution >= 0.6 is 11.6 Å². The first kappa shape index (κ1) is 22.6. The van der Waals surface area contributed by atoms with E-state index in [-0.39, 0.29) is 0 Å². The lowest BCUT2D eigenvalue weighted by Gasteiger charge is -2.27. The number of methoxy groups -OCH3 is 1.